The maximum Gasteiger partial charge on any atom is 0.321 e. The Balaban J connectivity index is 2.37. The molecule has 6 heteroatoms. The third-order valence-electron chi connectivity index (χ3n) is 3.13. The summed E-state index contributed by atoms with van der Waals surface area (Å²) in [6.07, 6.45) is 3.98. The van der Waals surface area contributed by atoms with Crippen molar-refractivity contribution < 1.29 is 24.0 Å². The van der Waals surface area contributed by atoms with Crippen molar-refractivity contribution in [3.63, 3.8) is 0 Å². The van der Waals surface area contributed by atoms with Gasteiger partial charge in [0.05, 0.1) is 18.5 Å². The number of carbonyl (C=O) groups excluding carboxylic acids is 1. The predicted molar refractivity (Wildman–Crippen MR) is 68.5 cm³/mol. The highest BCUT2D eigenvalue weighted by molar-refractivity contribution is 7.86. The van der Waals surface area contributed by atoms with E-state index in [1.165, 1.54) is 13.3 Å². The summed E-state index contributed by atoms with van der Waals surface area (Å²) in [4.78, 5) is 11.8. The fraction of sp³-hybridized carbons (Fsp3) is 0.917. The molecule has 1 fully saturated rings. The van der Waals surface area contributed by atoms with E-state index >= 15 is 0 Å². The molecule has 1 aliphatic carbocycles. The molecule has 0 aliphatic heterocycles. The van der Waals surface area contributed by atoms with Crippen molar-refractivity contribution >= 4 is 16.8 Å². The number of hydrogen-bond acceptors (Lipinski definition) is 5. The summed E-state index contributed by atoms with van der Waals surface area (Å²) >= 11 is 0. The Labute approximate surface area is 110 Å². The quantitative estimate of drug-likeness (QED) is 0.685. The number of aliphatic hydroxyl groups is 2. The molecule has 18 heavy (non-hydrogen) atoms. The summed E-state index contributed by atoms with van der Waals surface area (Å²) in [5.41, 5.74) is 0. The molecule has 3 unspecified atom stereocenters. The van der Waals surface area contributed by atoms with Gasteiger partial charge in [0.2, 0.25) is 0 Å². The molecule has 0 aromatic carbocycles. The molecule has 1 saturated carbocycles. The highest BCUT2D eigenvalue weighted by atomic mass is 32.2. The molecule has 1 rings (SSSR count). The van der Waals surface area contributed by atoms with Crippen molar-refractivity contribution in [2.24, 2.45) is 0 Å². The maximum atomic E-state index is 11.8. The third kappa shape index (κ3) is 5.04. The van der Waals surface area contributed by atoms with E-state index < -0.39 is 34.7 Å². The van der Waals surface area contributed by atoms with E-state index in [-0.39, 0.29) is 11.9 Å². The predicted octanol–water partition coefficient (Wildman–Crippen LogP) is 0.353. The van der Waals surface area contributed by atoms with Crippen molar-refractivity contribution in [1.29, 1.82) is 0 Å². The van der Waals surface area contributed by atoms with Crippen LogP contribution in [-0.4, -0.2) is 50.2 Å². The van der Waals surface area contributed by atoms with E-state index in [1.54, 1.807) is 0 Å². The van der Waals surface area contributed by atoms with Gasteiger partial charge in [-0.1, -0.05) is 6.42 Å². The van der Waals surface area contributed by atoms with Crippen LogP contribution in [0.4, 0.5) is 0 Å². The first kappa shape index (κ1) is 15.6. The Kier molecular flexibility index (Phi) is 6.81. The monoisotopic (exact) mass is 278 g/mol. The summed E-state index contributed by atoms with van der Waals surface area (Å²) in [6.45, 7) is 1.08. The zero-order chi connectivity index (χ0) is 13.5. The lowest BCUT2D eigenvalue weighted by Gasteiger charge is -2.23. The van der Waals surface area contributed by atoms with Gasteiger partial charge in [-0.2, -0.15) is 0 Å². The third-order valence-corrected chi connectivity index (χ3v) is 4.82. The first-order valence-corrected chi connectivity index (χ1v) is 7.79. The van der Waals surface area contributed by atoms with Crippen LogP contribution in [-0.2, 0) is 20.3 Å². The number of hydrogen-bond donors (Lipinski definition) is 2. The van der Waals surface area contributed by atoms with Crippen LogP contribution < -0.4 is 0 Å². The largest absolute Gasteiger partial charge is 0.461 e. The Morgan fingerprint density at radius 3 is 2.56 bits per heavy atom. The maximum absolute atomic E-state index is 11.8. The van der Waals surface area contributed by atoms with Crippen LogP contribution in [0.3, 0.4) is 0 Å². The molecule has 0 aromatic rings. The Morgan fingerprint density at radius 1 is 1.39 bits per heavy atom. The second-order valence-corrected chi connectivity index (χ2v) is 6.52. The van der Waals surface area contributed by atoms with Gasteiger partial charge in [-0.25, -0.2) is 0 Å². The first-order valence-electron chi connectivity index (χ1n) is 6.41. The molecule has 0 heterocycles. The van der Waals surface area contributed by atoms with Crippen LogP contribution in [0.25, 0.3) is 0 Å². The van der Waals surface area contributed by atoms with Crippen molar-refractivity contribution in [3.8, 4) is 0 Å². The number of ether oxygens (including phenoxy) is 1. The van der Waals surface area contributed by atoms with E-state index in [4.69, 9.17) is 9.84 Å². The lowest BCUT2D eigenvalue weighted by Crippen LogP contribution is -2.34. The smallest absolute Gasteiger partial charge is 0.321 e. The molecule has 0 radical (unpaired) electrons. The molecular formula is C12H22O5S. The number of rotatable bonds is 6. The van der Waals surface area contributed by atoms with E-state index in [9.17, 15) is 14.1 Å². The fourth-order valence-electron chi connectivity index (χ4n) is 1.94. The van der Waals surface area contributed by atoms with Crippen molar-refractivity contribution in [2.75, 3.05) is 12.4 Å². The van der Waals surface area contributed by atoms with Crippen molar-refractivity contribution in [1.82, 2.24) is 0 Å². The van der Waals surface area contributed by atoms with E-state index in [0.717, 1.165) is 25.7 Å². The molecule has 5 nitrogen and oxygen atoms in total. The van der Waals surface area contributed by atoms with Crippen molar-refractivity contribution in [2.45, 2.75) is 56.5 Å². The van der Waals surface area contributed by atoms with Crippen LogP contribution in [0.2, 0.25) is 0 Å². The molecule has 2 N–H and O–H groups in total. The minimum Gasteiger partial charge on any atom is -0.461 e. The molecule has 0 amide bonds. The normalized spacial score (nSPS) is 22.2. The van der Waals surface area contributed by atoms with Gasteiger partial charge in [-0.05, 0) is 32.6 Å². The van der Waals surface area contributed by atoms with Gasteiger partial charge in [-0.15, -0.1) is 0 Å². The van der Waals surface area contributed by atoms with Crippen LogP contribution in [0.15, 0.2) is 0 Å². The highest BCUT2D eigenvalue weighted by Crippen LogP contribution is 2.21. The van der Waals surface area contributed by atoms with Gasteiger partial charge < -0.3 is 14.9 Å². The molecule has 106 valence electrons. The number of esters is 1. The first-order chi connectivity index (χ1) is 8.54. The molecule has 0 aromatic heterocycles. The molecule has 1 aliphatic rings. The summed E-state index contributed by atoms with van der Waals surface area (Å²) < 4.78 is 17.0. The molecule has 0 spiro atoms. The Morgan fingerprint density at radius 2 is 2.00 bits per heavy atom. The highest BCUT2D eigenvalue weighted by Gasteiger charge is 2.26. The van der Waals surface area contributed by atoms with Gasteiger partial charge in [0.1, 0.15) is 11.4 Å². The molecule has 0 bridgehead atoms. The number of carbonyl (C=O) groups is 1. The van der Waals surface area contributed by atoms with E-state index in [1.807, 2.05) is 0 Å². The Bertz CT molecular complexity index is 288. The zero-order valence-electron chi connectivity index (χ0n) is 10.7. The van der Waals surface area contributed by atoms with Crippen LogP contribution in [0.1, 0.15) is 39.0 Å². The van der Waals surface area contributed by atoms with Crippen LogP contribution >= 0.6 is 0 Å². The lowest BCUT2D eigenvalue weighted by molar-refractivity contribution is -0.149. The minimum absolute atomic E-state index is 0.0477. The van der Waals surface area contributed by atoms with Crippen LogP contribution in [0, 0.1) is 0 Å². The second kappa shape index (κ2) is 7.86. The van der Waals surface area contributed by atoms with Gasteiger partial charge in [0.15, 0.2) is 0 Å². The van der Waals surface area contributed by atoms with Gasteiger partial charge in [0, 0.05) is 10.8 Å². The molecular weight excluding hydrogens is 256 g/mol. The van der Waals surface area contributed by atoms with Crippen molar-refractivity contribution in [3.05, 3.63) is 0 Å². The molecule has 3 atom stereocenters. The second-order valence-electron chi connectivity index (χ2n) is 4.72. The zero-order valence-corrected chi connectivity index (χ0v) is 11.5. The average molecular weight is 278 g/mol. The van der Waals surface area contributed by atoms with E-state index in [0.29, 0.717) is 0 Å². The number of aliphatic hydroxyl groups excluding tert-OH is 2. The summed E-state index contributed by atoms with van der Waals surface area (Å²) in [5, 5.41) is 17.1. The standard InChI is InChI=1S/C12H22O5S/c1-9(18(16)8-10(14)7-13)12(15)17-11-5-3-2-4-6-11/h9-11,13-14H,2-8H2,1H3. The summed E-state index contributed by atoms with van der Waals surface area (Å²) in [7, 11) is -1.51. The van der Waals surface area contributed by atoms with Gasteiger partial charge >= 0.3 is 5.97 Å². The molecule has 0 saturated heterocycles. The summed E-state index contributed by atoms with van der Waals surface area (Å²) in [5.74, 6) is -0.567. The van der Waals surface area contributed by atoms with E-state index in [2.05, 4.69) is 0 Å². The average Bonchev–Trinajstić information content (AvgIpc) is 2.38. The van der Waals surface area contributed by atoms with Gasteiger partial charge in [0.25, 0.3) is 0 Å². The SMILES string of the molecule is CC(C(=O)OC1CCCCC1)S(=O)CC(O)CO. The Hall–Kier alpha value is -0.460. The lowest BCUT2D eigenvalue weighted by atomic mass is 9.98. The van der Waals surface area contributed by atoms with Gasteiger partial charge in [-0.3, -0.25) is 9.00 Å². The van der Waals surface area contributed by atoms with Crippen LogP contribution in [0.5, 0.6) is 0 Å². The summed E-state index contributed by atoms with van der Waals surface area (Å²) in [6, 6.07) is 0. The minimum atomic E-state index is -1.51. The topological polar surface area (TPSA) is 83.8 Å². The fourth-order valence-corrected chi connectivity index (χ4v) is 2.98.